The van der Waals surface area contributed by atoms with E-state index < -0.39 is 46.8 Å². The van der Waals surface area contributed by atoms with Gasteiger partial charge in [0.1, 0.15) is 5.75 Å². The number of nitrogens with one attached hydrogen (secondary N) is 1. The van der Waals surface area contributed by atoms with Crippen LogP contribution in [-0.2, 0) is 31.1 Å². The maximum absolute atomic E-state index is 15.7. The lowest BCUT2D eigenvalue weighted by atomic mass is 9.49. The predicted molar refractivity (Wildman–Crippen MR) is 237 cm³/mol. The van der Waals surface area contributed by atoms with Gasteiger partial charge in [-0.2, -0.15) is 5.01 Å². The number of imide groups is 2. The largest absolute Gasteiger partial charge is 0.503 e. The lowest BCUT2D eigenvalue weighted by Crippen LogP contribution is -2.53. The zero-order valence-electron chi connectivity index (χ0n) is 33.2. The average Bonchev–Trinajstić information content (AvgIpc) is 3.65. The van der Waals surface area contributed by atoms with E-state index in [1.54, 1.807) is 49.6 Å². The van der Waals surface area contributed by atoms with Gasteiger partial charge in [0.15, 0.2) is 11.5 Å². The highest BCUT2D eigenvalue weighted by atomic mass is 79.9. The second-order valence-electron chi connectivity index (χ2n) is 16.4. The number of benzene rings is 4. The monoisotopic (exact) mass is 990 g/mol. The second kappa shape index (κ2) is 16.4. The van der Waals surface area contributed by atoms with Gasteiger partial charge in [0.2, 0.25) is 11.8 Å². The maximum Gasteiger partial charge on any atom is 0.260 e. The van der Waals surface area contributed by atoms with Crippen molar-refractivity contribution >= 4 is 84.4 Å². The molecular formula is C46H42Br2Cl2N4O7. The molecule has 5 aliphatic rings. The first-order valence-corrected chi connectivity index (χ1v) is 22.6. The molecule has 0 spiro atoms. The van der Waals surface area contributed by atoms with Crippen LogP contribution in [-0.4, -0.2) is 76.9 Å². The van der Waals surface area contributed by atoms with Crippen LogP contribution in [0, 0.1) is 23.7 Å². The number of ether oxygens (including phenoxy) is 2. The molecule has 3 saturated heterocycles. The number of allylic oxidation sites excluding steroid dienone is 2. The van der Waals surface area contributed by atoms with Gasteiger partial charge in [-0.25, -0.2) is 0 Å². The van der Waals surface area contributed by atoms with Gasteiger partial charge < -0.3 is 14.6 Å². The Morgan fingerprint density at radius 2 is 1.57 bits per heavy atom. The summed E-state index contributed by atoms with van der Waals surface area (Å²) < 4.78 is 11.9. The number of phenols is 1. The van der Waals surface area contributed by atoms with Crippen molar-refractivity contribution in [3.8, 4) is 17.2 Å². The number of anilines is 1. The van der Waals surface area contributed by atoms with Crippen LogP contribution in [0.2, 0.25) is 10.0 Å². The Morgan fingerprint density at radius 3 is 2.25 bits per heavy atom. The number of methoxy groups -OCH3 is 2. The van der Waals surface area contributed by atoms with E-state index >= 15 is 9.59 Å². The van der Waals surface area contributed by atoms with Crippen molar-refractivity contribution in [2.24, 2.45) is 23.7 Å². The van der Waals surface area contributed by atoms with Crippen molar-refractivity contribution < 1.29 is 33.8 Å². The molecule has 316 valence electrons. The highest BCUT2D eigenvalue weighted by Gasteiger charge is 2.71. The Bertz CT molecular complexity index is 2480. The molecule has 0 aromatic heterocycles. The highest BCUT2D eigenvalue weighted by Crippen LogP contribution is 2.66. The van der Waals surface area contributed by atoms with Gasteiger partial charge in [-0.15, -0.1) is 0 Å². The molecule has 4 amide bonds. The molecule has 1 saturated carbocycles. The summed E-state index contributed by atoms with van der Waals surface area (Å²) in [5.41, 5.74) is 4.79. The number of piperidine rings is 1. The van der Waals surface area contributed by atoms with E-state index in [-0.39, 0.29) is 51.7 Å². The third-order valence-corrected chi connectivity index (χ3v) is 16.2. The molecule has 2 aliphatic carbocycles. The van der Waals surface area contributed by atoms with Gasteiger partial charge in [0, 0.05) is 41.1 Å². The topological polar surface area (TPSA) is 129 Å². The minimum Gasteiger partial charge on any atom is -0.503 e. The molecule has 4 aromatic carbocycles. The van der Waals surface area contributed by atoms with Crippen LogP contribution in [0.4, 0.5) is 5.69 Å². The van der Waals surface area contributed by atoms with E-state index in [9.17, 15) is 14.7 Å². The molecule has 15 heteroatoms. The molecule has 0 radical (unpaired) electrons. The van der Waals surface area contributed by atoms with Crippen LogP contribution in [0.5, 0.6) is 17.2 Å². The number of carbonyl (C=O) groups is 4. The van der Waals surface area contributed by atoms with Crippen molar-refractivity contribution in [1.82, 2.24) is 14.8 Å². The molecule has 3 aliphatic heterocycles. The van der Waals surface area contributed by atoms with Gasteiger partial charge in [-0.05, 0) is 117 Å². The molecule has 61 heavy (non-hydrogen) atoms. The summed E-state index contributed by atoms with van der Waals surface area (Å²) in [5, 5.41) is 12.8. The quantitative estimate of drug-likeness (QED) is 0.125. The summed E-state index contributed by atoms with van der Waals surface area (Å²) in [5.74, 6) is -4.80. The summed E-state index contributed by atoms with van der Waals surface area (Å²) >= 11 is 20.2. The summed E-state index contributed by atoms with van der Waals surface area (Å²) in [6.07, 6.45) is 3.73. The van der Waals surface area contributed by atoms with E-state index in [1.165, 1.54) is 23.6 Å². The number of carbonyl (C=O) groups excluding carboxylic acids is 4. The third kappa shape index (κ3) is 6.77. The van der Waals surface area contributed by atoms with Gasteiger partial charge in [-0.3, -0.25) is 34.4 Å². The molecule has 6 unspecified atom stereocenters. The number of nitrogens with zero attached hydrogens (tertiary/aromatic N) is 3. The highest BCUT2D eigenvalue weighted by molar-refractivity contribution is 9.13. The lowest BCUT2D eigenvalue weighted by Gasteiger charge is -2.51. The van der Waals surface area contributed by atoms with Gasteiger partial charge in [0.05, 0.1) is 52.6 Å². The zero-order chi connectivity index (χ0) is 42.9. The predicted octanol–water partition coefficient (Wildman–Crippen LogP) is 8.89. The summed E-state index contributed by atoms with van der Waals surface area (Å²) in [7, 11) is 2.98. The van der Waals surface area contributed by atoms with Crippen molar-refractivity contribution in [2.45, 2.75) is 49.6 Å². The number of fused-ring (bicyclic) bond motifs is 4. The fraction of sp³-hybridized carbons (Fsp3) is 0.348. The number of phenolic OH excluding ortho intramolecular Hbond substituents is 1. The number of hydrogen-bond acceptors (Lipinski definition) is 9. The van der Waals surface area contributed by atoms with E-state index in [2.05, 4.69) is 54.3 Å². The minimum atomic E-state index is -1.61. The number of hydrogen-bond donors (Lipinski definition) is 2. The lowest BCUT2D eigenvalue weighted by molar-refractivity contribution is -0.144. The van der Waals surface area contributed by atoms with Crippen molar-refractivity contribution in [3.63, 3.8) is 0 Å². The molecule has 4 fully saturated rings. The molecular weight excluding hydrogens is 951 g/mol. The number of rotatable bonds is 9. The SMILES string of the molecule is COc1ccc(C23C(=O)N(Nc4ccc(Cl)cc4Cl)C(=O)C2CC2C(=CCC4C(=O)N(C5CCN(Cc6ccccc6)CC5)C(=O)C42)C3c2cc(OC)c(O)c(Br)c2Br)cc1. The number of likely N-dealkylation sites (tertiary alicyclic amines) is 2. The first-order valence-electron chi connectivity index (χ1n) is 20.2. The van der Waals surface area contributed by atoms with Gasteiger partial charge in [-0.1, -0.05) is 77.3 Å². The van der Waals surface area contributed by atoms with Crippen molar-refractivity contribution in [2.75, 3.05) is 32.7 Å². The molecule has 11 nitrogen and oxygen atoms in total. The summed E-state index contributed by atoms with van der Waals surface area (Å²) in [6.45, 7) is 2.29. The second-order valence-corrected chi connectivity index (χ2v) is 18.8. The molecule has 6 atom stereocenters. The standard InChI is InChI=1S/C46H42Br2Cl2N4O7/c1-60-28-11-8-25(9-12-28)46-33(43(57)54(45(46)59)51-35-15-10-26(49)20-34(35)50)21-31-29(38(46)32-22-36(61-2)41(55)40(48)39(32)47)13-14-30-37(31)44(58)53(42(30)56)27-16-18-52(19-17-27)23-24-6-4-3-5-7-24/h3-13,15,20,22,27,30-31,33,37-38,51,55H,14,16-19,21,23H2,1-2H3. The average molecular weight is 994 g/mol. The Labute approximate surface area is 380 Å². The fourth-order valence-electron chi connectivity index (χ4n) is 10.7. The van der Waals surface area contributed by atoms with E-state index in [1.807, 2.05) is 24.3 Å². The Hall–Kier alpha value is -4.40. The summed E-state index contributed by atoms with van der Waals surface area (Å²) in [4.78, 5) is 64.3. The van der Waals surface area contributed by atoms with Crippen molar-refractivity contribution in [3.05, 3.63) is 126 Å². The van der Waals surface area contributed by atoms with Crippen LogP contribution < -0.4 is 14.9 Å². The number of aromatic hydroxyl groups is 1. The number of amides is 4. The normalized spacial score (nSPS) is 26.5. The van der Waals surface area contributed by atoms with E-state index in [0.29, 0.717) is 44.9 Å². The van der Waals surface area contributed by atoms with E-state index in [4.69, 9.17) is 32.7 Å². The Kier molecular flexibility index (Phi) is 11.3. The fourth-order valence-corrected chi connectivity index (χ4v) is 12.1. The van der Waals surface area contributed by atoms with E-state index in [0.717, 1.165) is 30.2 Å². The molecule has 2 N–H and O–H groups in total. The Morgan fingerprint density at radius 1 is 0.852 bits per heavy atom. The van der Waals surface area contributed by atoms with Gasteiger partial charge >= 0.3 is 0 Å². The molecule has 4 aromatic rings. The zero-order valence-corrected chi connectivity index (χ0v) is 37.9. The minimum absolute atomic E-state index is 0.114. The molecule has 9 rings (SSSR count). The summed E-state index contributed by atoms with van der Waals surface area (Å²) in [6, 6.07) is 23.5. The van der Waals surface area contributed by atoms with Crippen LogP contribution in [0.25, 0.3) is 0 Å². The van der Waals surface area contributed by atoms with Gasteiger partial charge in [0.25, 0.3) is 11.8 Å². The smallest absolute Gasteiger partial charge is 0.260 e. The Balaban J connectivity index is 1.16. The molecule has 3 heterocycles. The van der Waals surface area contributed by atoms with Crippen LogP contribution in [0.1, 0.15) is 48.3 Å². The first-order chi connectivity index (χ1) is 29.4. The maximum atomic E-state index is 15.7. The number of halogens is 4. The third-order valence-electron chi connectivity index (χ3n) is 13.5. The number of hydrazine groups is 1. The van der Waals surface area contributed by atoms with Crippen LogP contribution in [0.15, 0.2) is 99.5 Å². The van der Waals surface area contributed by atoms with Crippen LogP contribution in [0.3, 0.4) is 0 Å². The van der Waals surface area contributed by atoms with Crippen LogP contribution >= 0.6 is 55.1 Å². The first kappa shape index (κ1) is 41.9. The molecule has 0 bridgehead atoms. The van der Waals surface area contributed by atoms with Crippen molar-refractivity contribution in [1.29, 1.82) is 0 Å².